The molecule has 0 atom stereocenters. The quantitative estimate of drug-likeness (QED) is 0.597. The first kappa shape index (κ1) is 16.8. The van der Waals surface area contributed by atoms with Crippen LogP contribution in [0.15, 0.2) is 0 Å². The van der Waals surface area contributed by atoms with E-state index in [2.05, 4.69) is 0 Å². The van der Waals surface area contributed by atoms with Gasteiger partial charge >= 0.3 is 24.3 Å². The van der Waals surface area contributed by atoms with Gasteiger partial charge in [0.15, 0.2) is 0 Å². The third-order valence-corrected chi connectivity index (χ3v) is 0. The summed E-state index contributed by atoms with van der Waals surface area (Å²) in [5.74, 6) is 0. The summed E-state index contributed by atoms with van der Waals surface area (Å²) in [6.07, 6.45) is 0. The van der Waals surface area contributed by atoms with E-state index in [1.165, 1.54) is 0 Å². The van der Waals surface area contributed by atoms with Crippen molar-refractivity contribution in [2.24, 2.45) is 0 Å². The summed E-state index contributed by atoms with van der Waals surface area (Å²) in [7, 11) is 0. The largest absolute Gasteiger partial charge is 0 e. The van der Waals surface area contributed by atoms with Gasteiger partial charge in [-0.2, -0.15) is 0 Å². The summed E-state index contributed by atoms with van der Waals surface area (Å²) < 4.78 is 8.36. The van der Waals surface area contributed by atoms with E-state index in [0.29, 0.717) is 0 Å². The average molecular weight is 347 g/mol. The molecule has 0 saturated carbocycles. The van der Waals surface area contributed by atoms with Crippen LogP contribution >= 0.6 is 0 Å². The van der Waals surface area contributed by atoms with Gasteiger partial charge in [0.25, 0.3) is 0 Å². The molecular formula is CoOTaZr. The Morgan fingerprint density at radius 3 is 1.25 bits per heavy atom. The fourth-order valence-corrected chi connectivity index (χ4v) is 0. The summed E-state index contributed by atoms with van der Waals surface area (Å²) in [6, 6.07) is 0. The van der Waals surface area contributed by atoms with Crippen LogP contribution in [0.2, 0.25) is 0 Å². The second kappa shape index (κ2) is 20.4. The summed E-state index contributed by atoms with van der Waals surface area (Å²) >= 11 is 0.194. The molecule has 0 aliphatic rings. The fraction of sp³-hybridized carbons (Fsp3) is 0. The first-order valence-electron chi connectivity index (χ1n) is 0.183. The molecule has 24 valence electrons. The van der Waals surface area contributed by atoms with Crippen LogP contribution in [0.25, 0.3) is 0 Å². The molecule has 0 unspecified atom stereocenters. The van der Waals surface area contributed by atoms with Crippen LogP contribution in [0, 0.1) is 0 Å². The SMILES string of the molecule is [Co].[O]=[Ta].[Zr]. The predicted octanol–water partition coefficient (Wildman–Crippen LogP) is -0.126. The van der Waals surface area contributed by atoms with E-state index >= 15 is 0 Å². The summed E-state index contributed by atoms with van der Waals surface area (Å²) in [6.45, 7) is 0. The fourth-order valence-electron chi connectivity index (χ4n) is 0. The van der Waals surface area contributed by atoms with Crippen molar-refractivity contribution < 1.29 is 67.3 Å². The molecule has 0 amide bonds. The third-order valence-electron chi connectivity index (χ3n) is 0. The van der Waals surface area contributed by atoms with E-state index < -0.39 is 0 Å². The van der Waals surface area contributed by atoms with Gasteiger partial charge < -0.3 is 0 Å². The van der Waals surface area contributed by atoms with E-state index in [-0.39, 0.29) is 64.0 Å². The Hall–Kier alpha value is 1.93. The van der Waals surface area contributed by atoms with Gasteiger partial charge in [-0.1, -0.05) is 0 Å². The smallest absolute Gasteiger partial charge is 0 e. The molecule has 0 aliphatic heterocycles. The Bertz CT molecular complexity index is 8.00. The second-order valence-corrected chi connectivity index (χ2v) is 0. The zero-order valence-electron chi connectivity index (χ0n) is 1.69. The van der Waals surface area contributed by atoms with Crippen molar-refractivity contribution in [2.75, 3.05) is 0 Å². The normalized spacial score (nSPS) is 0.750. The Balaban J connectivity index is -0.00000000500. The number of rotatable bonds is 0. The monoisotopic (exact) mass is 346 g/mol. The van der Waals surface area contributed by atoms with Crippen LogP contribution in [-0.2, 0) is 67.3 Å². The van der Waals surface area contributed by atoms with Gasteiger partial charge in [-0.25, -0.2) is 0 Å². The van der Waals surface area contributed by atoms with Crippen molar-refractivity contribution in [1.82, 2.24) is 0 Å². The van der Waals surface area contributed by atoms with Crippen molar-refractivity contribution in [2.45, 2.75) is 0 Å². The summed E-state index contributed by atoms with van der Waals surface area (Å²) in [5.41, 5.74) is 0. The second-order valence-electron chi connectivity index (χ2n) is 0. The van der Waals surface area contributed by atoms with Crippen LogP contribution in [-0.4, -0.2) is 0 Å². The number of hydrogen-bond donors (Lipinski definition) is 0. The standard InChI is InChI=1S/Co.O.Ta.Zr. The Kier molecular flexibility index (Phi) is 85.8. The summed E-state index contributed by atoms with van der Waals surface area (Å²) in [4.78, 5) is 0. The molecule has 1 nitrogen and oxygen atoms in total. The van der Waals surface area contributed by atoms with Crippen LogP contribution < -0.4 is 0 Å². The van der Waals surface area contributed by atoms with Gasteiger partial charge in [-0.3, -0.25) is 0 Å². The zero-order valence-corrected chi connectivity index (χ0v) is 8.40. The Morgan fingerprint density at radius 2 is 1.25 bits per heavy atom. The molecule has 0 N–H and O–H groups in total. The molecule has 0 aromatic rings. The molecule has 0 saturated heterocycles. The van der Waals surface area contributed by atoms with Crippen molar-refractivity contribution >= 4 is 0 Å². The average Bonchev–Trinajstić information content (AvgIpc) is 1.00. The molecule has 0 aliphatic carbocycles. The maximum atomic E-state index is 8.36. The predicted molar refractivity (Wildman–Crippen MR) is 0.686 cm³/mol. The van der Waals surface area contributed by atoms with Crippen LogP contribution in [0.4, 0.5) is 0 Å². The third kappa shape index (κ3) is 9.06. The maximum Gasteiger partial charge on any atom is 0 e. The van der Waals surface area contributed by atoms with Crippen LogP contribution in [0.5, 0.6) is 0 Å². The molecule has 4 heavy (non-hydrogen) atoms. The van der Waals surface area contributed by atoms with Crippen molar-refractivity contribution in [3.8, 4) is 0 Å². The van der Waals surface area contributed by atoms with E-state index in [1.807, 2.05) is 0 Å². The summed E-state index contributed by atoms with van der Waals surface area (Å²) in [5, 5.41) is 0. The molecule has 0 spiro atoms. The van der Waals surface area contributed by atoms with Gasteiger partial charge in [0.1, 0.15) is 0 Å². The van der Waals surface area contributed by atoms with E-state index in [9.17, 15) is 0 Å². The van der Waals surface area contributed by atoms with Gasteiger partial charge in [-0.05, 0) is 0 Å². The molecule has 0 fully saturated rings. The molecule has 0 bridgehead atoms. The number of hydrogen-bond acceptors (Lipinski definition) is 1. The van der Waals surface area contributed by atoms with Gasteiger partial charge in [0, 0.05) is 43.0 Å². The minimum absolute atomic E-state index is 0. The first-order chi connectivity index (χ1) is 1.00. The molecular weight excluding hydrogens is 347 g/mol. The molecule has 0 aromatic carbocycles. The Morgan fingerprint density at radius 1 is 1.25 bits per heavy atom. The van der Waals surface area contributed by atoms with Crippen molar-refractivity contribution in [3.05, 3.63) is 0 Å². The van der Waals surface area contributed by atoms with Crippen molar-refractivity contribution in [1.29, 1.82) is 0 Å². The molecule has 1 radical (unpaired) electrons. The van der Waals surface area contributed by atoms with Gasteiger partial charge in [0.2, 0.25) is 0 Å². The Labute approximate surface area is 66.5 Å². The maximum absolute atomic E-state index is 8.36. The van der Waals surface area contributed by atoms with Gasteiger partial charge in [0.05, 0.1) is 0 Å². The van der Waals surface area contributed by atoms with Crippen molar-refractivity contribution in [3.63, 3.8) is 0 Å². The first-order valence-corrected chi connectivity index (χ1v) is 1.49. The van der Waals surface area contributed by atoms with E-state index in [4.69, 9.17) is 3.25 Å². The van der Waals surface area contributed by atoms with E-state index in [0.717, 1.165) is 0 Å². The van der Waals surface area contributed by atoms with Crippen LogP contribution in [0.1, 0.15) is 0 Å². The molecule has 0 rings (SSSR count). The molecule has 0 aromatic heterocycles. The minimum atomic E-state index is 0. The molecule has 0 heterocycles. The van der Waals surface area contributed by atoms with Gasteiger partial charge in [-0.15, -0.1) is 0 Å². The van der Waals surface area contributed by atoms with Crippen LogP contribution in [0.3, 0.4) is 0 Å². The zero-order chi connectivity index (χ0) is 2.00. The van der Waals surface area contributed by atoms with E-state index in [1.54, 1.807) is 0 Å². The molecule has 4 heteroatoms. The minimum Gasteiger partial charge on any atom is 0 e. The topological polar surface area (TPSA) is 17.1 Å².